The highest BCUT2D eigenvalue weighted by molar-refractivity contribution is 5.91. The first-order chi connectivity index (χ1) is 13.7. The molecule has 6 nitrogen and oxygen atoms in total. The molecule has 1 heterocycles. The quantitative estimate of drug-likeness (QED) is 0.676. The Hall–Kier alpha value is -2.83. The molecule has 0 radical (unpaired) electrons. The standard InChI is InChI=1S/C22H26N2O4/c1-2-13-27-20-5-3-4-6-21(20)28-17-22(25)23-19-9-7-18(8-10-19)16-24-11-14-26-15-12-24/h2-10H,1,11-17H2,(H,23,25). The van der Waals surface area contributed by atoms with Gasteiger partial charge in [-0.25, -0.2) is 0 Å². The maximum absolute atomic E-state index is 12.2. The van der Waals surface area contributed by atoms with E-state index in [0.717, 1.165) is 38.5 Å². The van der Waals surface area contributed by atoms with Crippen LogP contribution in [0.3, 0.4) is 0 Å². The number of anilines is 1. The van der Waals surface area contributed by atoms with Gasteiger partial charge in [-0.15, -0.1) is 0 Å². The second kappa shape index (κ2) is 10.5. The maximum Gasteiger partial charge on any atom is 0.262 e. The number of rotatable bonds is 9. The van der Waals surface area contributed by atoms with Gasteiger partial charge in [0.15, 0.2) is 18.1 Å². The molecule has 2 aromatic carbocycles. The summed E-state index contributed by atoms with van der Waals surface area (Å²) in [6.07, 6.45) is 1.66. The van der Waals surface area contributed by atoms with E-state index in [1.807, 2.05) is 36.4 Å². The molecule has 1 aliphatic heterocycles. The molecular weight excluding hydrogens is 356 g/mol. The van der Waals surface area contributed by atoms with Crippen LogP contribution in [0.1, 0.15) is 5.56 Å². The average molecular weight is 382 g/mol. The lowest BCUT2D eigenvalue weighted by molar-refractivity contribution is -0.118. The molecule has 1 N–H and O–H groups in total. The minimum absolute atomic E-state index is 0.0933. The van der Waals surface area contributed by atoms with Gasteiger partial charge >= 0.3 is 0 Å². The van der Waals surface area contributed by atoms with Crippen molar-refractivity contribution in [3.63, 3.8) is 0 Å². The van der Waals surface area contributed by atoms with Crippen molar-refractivity contribution < 1.29 is 19.0 Å². The molecule has 0 saturated carbocycles. The molecule has 6 heteroatoms. The fraction of sp³-hybridized carbons (Fsp3) is 0.318. The van der Waals surface area contributed by atoms with E-state index in [2.05, 4.69) is 16.8 Å². The van der Waals surface area contributed by atoms with Crippen LogP contribution in [0.5, 0.6) is 11.5 Å². The van der Waals surface area contributed by atoms with Crippen molar-refractivity contribution in [2.24, 2.45) is 0 Å². The van der Waals surface area contributed by atoms with Gasteiger partial charge in [0.2, 0.25) is 0 Å². The number of nitrogens with one attached hydrogen (secondary N) is 1. The van der Waals surface area contributed by atoms with Crippen molar-refractivity contribution in [1.29, 1.82) is 0 Å². The zero-order chi connectivity index (χ0) is 19.6. The Morgan fingerprint density at radius 3 is 2.43 bits per heavy atom. The fourth-order valence-corrected chi connectivity index (χ4v) is 2.89. The minimum Gasteiger partial charge on any atom is -0.486 e. The van der Waals surface area contributed by atoms with Crippen molar-refractivity contribution in [2.45, 2.75) is 6.54 Å². The number of carbonyl (C=O) groups is 1. The summed E-state index contributed by atoms with van der Waals surface area (Å²) in [6, 6.07) is 15.1. The second-order valence-corrected chi connectivity index (χ2v) is 6.47. The average Bonchev–Trinajstić information content (AvgIpc) is 2.73. The summed E-state index contributed by atoms with van der Waals surface area (Å²) in [4.78, 5) is 14.6. The SMILES string of the molecule is C=CCOc1ccccc1OCC(=O)Nc1ccc(CN2CCOCC2)cc1. The molecule has 0 spiro atoms. The van der Waals surface area contributed by atoms with Crippen LogP contribution in [-0.4, -0.2) is 50.3 Å². The van der Waals surface area contributed by atoms with Gasteiger partial charge in [0, 0.05) is 25.3 Å². The zero-order valence-electron chi connectivity index (χ0n) is 15.9. The summed E-state index contributed by atoms with van der Waals surface area (Å²) >= 11 is 0. The maximum atomic E-state index is 12.2. The Balaban J connectivity index is 1.47. The van der Waals surface area contributed by atoms with E-state index in [4.69, 9.17) is 14.2 Å². The van der Waals surface area contributed by atoms with Gasteiger partial charge < -0.3 is 19.5 Å². The van der Waals surface area contributed by atoms with E-state index in [0.29, 0.717) is 18.1 Å². The molecule has 1 fully saturated rings. The first-order valence-electron chi connectivity index (χ1n) is 9.39. The number of hydrogen-bond acceptors (Lipinski definition) is 5. The van der Waals surface area contributed by atoms with E-state index in [1.165, 1.54) is 5.56 Å². The van der Waals surface area contributed by atoms with E-state index in [1.54, 1.807) is 18.2 Å². The first kappa shape index (κ1) is 19.9. The van der Waals surface area contributed by atoms with Crippen molar-refractivity contribution >= 4 is 11.6 Å². The summed E-state index contributed by atoms with van der Waals surface area (Å²) in [5, 5.41) is 2.85. The highest BCUT2D eigenvalue weighted by atomic mass is 16.5. The Bertz CT molecular complexity index is 770. The molecule has 1 amide bonds. The van der Waals surface area contributed by atoms with Crippen LogP contribution < -0.4 is 14.8 Å². The monoisotopic (exact) mass is 382 g/mol. The molecule has 28 heavy (non-hydrogen) atoms. The Labute approximate surface area is 165 Å². The summed E-state index contributed by atoms with van der Waals surface area (Å²) in [6.45, 7) is 8.28. The molecule has 0 aromatic heterocycles. The smallest absolute Gasteiger partial charge is 0.262 e. The topological polar surface area (TPSA) is 60.0 Å². The third-order valence-corrected chi connectivity index (χ3v) is 4.31. The predicted molar refractivity (Wildman–Crippen MR) is 109 cm³/mol. The predicted octanol–water partition coefficient (Wildman–Crippen LogP) is 3.10. The number of amides is 1. The van der Waals surface area contributed by atoms with Crippen LogP contribution in [0.2, 0.25) is 0 Å². The Morgan fingerprint density at radius 2 is 1.75 bits per heavy atom. The molecule has 0 aliphatic carbocycles. The Morgan fingerprint density at radius 1 is 1.07 bits per heavy atom. The summed E-state index contributed by atoms with van der Waals surface area (Å²) in [7, 11) is 0. The summed E-state index contributed by atoms with van der Waals surface area (Å²) in [5.41, 5.74) is 1.96. The number of carbonyl (C=O) groups excluding carboxylic acids is 1. The number of morpholine rings is 1. The molecule has 1 aliphatic rings. The highest BCUT2D eigenvalue weighted by Crippen LogP contribution is 2.26. The zero-order valence-corrected chi connectivity index (χ0v) is 15.9. The van der Waals surface area contributed by atoms with Gasteiger partial charge in [-0.05, 0) is 29.8 Å². The van der Waals surface area contributed by atoms with Crippen LogP contribution in [-0.2, 0) is 16.1 Å². The van der Waals surface area contributed by atoms with Crippen LogP contribution in [0, 0.1) is 0 Å². The van der Waals surface area contributed by atoms with E-state index >= 15 is 0 Å². The van der Waals surface area contributed by atoms with Gasteiger partial charge in [-0.2, -0.15) is 0 Å². The molecule has 0 bridgehead atoms. The van der Waals surface area contributed by atoms with Crippen LogP contribution >= 0.6 is 0 Å². The van der Waals surface area contributed by atoms with E-state index < -0.39 is 0 Å². The number of hydrogen-bond donors (Lipinski definition) is 1. The van der Waals surface area contributed by atoms with Crippen LogP contribution in [0.15, 0.2) is 61.2 Å². The molecule has 0 atom stereocenters. The fourth-order valence-electron chi connectivity index (χ4n) is 2.89. The number of para-hydroxylation sites is 2. The number of nitrogens with zero attached hydrogens (tertiary/aromatic N) is 1. The molecule has 0 unspecified atom stereocenters. The molecular formula is C22H26N2O4. The molecule has 2 aromatic rings. The van der Waals surface area contributed by atoms with E-state index in [-0.39, 0.29) is 12.5 Å². The minimum atomic E-state index is -0.223. The van der Waals surface area contributed by atoms with E-state index in [9.17, 15) is 4.79 Å². The summed E-state index contributed by atoms with van der Waals surface area (Å²) < 4.78 is 16.5. The van der Waals surface area contributed by atoms with Crippen LogP contribution in [0.4, 0.5) is 5.69 Å². The number of benzene rings is 2. The van der Waals surface area contributed by atoms with Crippen molar-refractivity contribution in [3.05, 3.63) is 66.7 Å². The lowest BCUT2D eigenvalue weighted by Gasteiger charge is -2.26. The van der Waals surface area contributed by atoms with Gasteiger partial charge in [-0.3, -0.25) is 9.69 Å². The lowest BCUT2D eigenvalue weighted by Crippen LogP contribution is -2.35. The van der Waals surface area contributed by atoms with Gasteiger partial charge in [0.05, 0.1) is 13.2 Å². The number of ether oxygens (including phenoxy) is 3. The van der Waals surface area contributed by atoms with Gasteiger partial charge in [0.1, 0.15) is 6.61 Å². The second-order valence-electron chi connectivity index (χ2n) is 6.47. The van der Waals surface area contributed by atoms with Crippen molar-refractivity contribution in [1.82, 2.24) is 4.90 Å². The largest absolute Gasteiger partial charge is 0.486 e. The van der Waals surface area contributed by atoms with Gasteiger partial charge in [-0.1, -0.05) is 36.9 Å². The van der Waals surface area contributed by atoms with Crippen LogP contribution in [0.25, 0.3) is 0 Å². The molecule has 148 valence electrons. The van der Waals surface area contributed by atoms with Crippen molar-refractivity contribution in [2.75, 3.05) is 44.8 Å². The summed E-state index contributed by atoms with van der Waals surface area (Å²) in [5.74, 6) is 0.891. The third kappa shape index (κ3) is 6.11. The highest BCUT2D eigenvalue weighted by Gasteiger charge is 2.11. The lowest BCUT2D eigenvalue weighted by atomic mass is 10.2. The normalized spacial score (nSPS) is 14.3. The molecule has 1 saturated heterocycles. The third-order valence-electron chi connectivity index (χ3n) is 4.31. The Kier molecular flexibility index (Phi) is 7.46. The van der Waals surface area contributed by atoms with Crippen molar-refractivity contribution in [3.8, 4) is 11.5 Å². The van der Waals surface area contributed by atoms with Gasteiger partial charge in [0.25, 0.3) is 5.91 Å². The first-order valence-corrected chi connectivity index (χ1v) is 9.39. The molecule has 3 rings (SSSR count).